The van der Waals surface area contributed by atoms with Crippen molar-refractivity contribution in [1.29, 1.82) is 0 Å². The lowest BCUT2D eigenvalue weighted by Crippen LogP contribution is -2.35. The van der Waals surface area contributed by atoms with Gasteiger partial charge in [0.05, 0.1) is 17.8 Å². The van der Waals surface area contributed by atoms with E-state index in [1.165, 1.54) is 0 Å². The van der Waals surface area contributed by atoms with E-state index >= 15 is 0 Å². The van der Waals surface area contributed by atoms with Crippen LogP contribution in [0.1, 0.15) is 11.3 Å². The first-order valence-electron chi connectivity index (χ1n) is 9.40. The molecular formula is C23H26N4O. The average molecular weight is 374 g/mol. The standard InChI is InChI=1S/C23H26N4O/c1-27(2)17-23(28)25-15-14-24-22-16-19(13-12-18-8-4-3-5-9-18)26-21-11-7-6-10-20(21)22/h3-13,16H,14-15,17H2,1-2H3,(H,24,26)(H,25,28)/b13-12+. The molecule has 0 radical (unpaired) electrons. The predicted octanol–water partition coefficient (Wildman–Crippen LogP) is 3.49. The predicted molar refractivity (Wildman–Crippen MR) is 117 cm³/mol. The molecule has 0 saturated carbocycles. The van der Waals surface area contributed by atoms with Crippen LogP contribution in [0.25, 0.3) is 23.1 Å². The first-order valence-corrected chi connectivity index (χ1v) is 9.40. The summed E-state index contributed by atoms with van der Waals surface area (Å²) in [5, 5.41) is 7.42. The van der Waals surface area contributed by atoms with E-state index < -0.39 is 0 Å². The first kappa shape index (κ1) is 19.6. The summed E-state index contributed by atoms with van der Waals surface area (Å²) in [6.45, 7) is 1.61. The lowest BCUT2D eigenvalue weighted by Gasteiger charge is -2.13. The zero-order valence-electron chi connectivity index (χ0n) is 16.4. The molecule has 28 heavy (non-hydrogen) atoms. The smallest absolute Gasteiger partial charge is 0.234 e. The van der Waals surface area contributed by atoms with Crippen LogP contribution in [0.2, 0.25) is 0 Å². The fourth-order valence-electron chi connectivity index (χ4n) is 2.92. The molecule has 0 unspecified atom stereocenters. The van der Waals surface area contributed by atoms with Crippen LogP contribution < -0.4 is 10.6 Å². The number of nitrogens with one attached hydrogen (secondary N) is 2. The zero-order chi connectivity index (χ0) is 19.8. The Labute approximate surface area is 166 Å². The number of pyridine rings is 1. The lowest BCUT2D eigenvalue weighted by atomic mass is 10.1. The molecule has 0 aliphatic heterocycles. The number of hydrogen-bond donors (Lipinski definition) is 2. The molecule has 2 N–H and O–H groups in total. The number of nitrogens with zero attached hydrogens (tertiary/aromatic N) is 2. The van der Waals surface area contributed by atoms with Crippen molar-refractivity contribution in [3.8, 4) is 0 Å². The molecule has 0 bridgehead atoms. The molecule has 1 heterocycles. The van der Waals surface area contributed by atoms with Gasteiger partial charge in [-0.3, -0.25) is 4.79 Å². The van der Waals surface area contributed by atoms with Crippen molar-refractivity contribution < 1.29 is 4.79 Å². The number of rotatable bonds is 8. The SMILES string of the molecule is CN(C)CC(=O)NCCNc1cc(/C=C/c2ccccc2)nc2ccccc12. The van der Waals surface area contributed by atoms with Crippen molar-refractivity contribution in [2.75, 3.05) is 39.0 Å². The monoisotopic (exact) mass is 374 g/mol. The van der Waals surface area contributed by atoms with Crippen molar-refractivity contribution in [2.45, 2.75) is 0 Å². The summed E-state index contributed by atoms with van der Waals surface area (Å²) in [6.07, 6.45) is 4.08. The Morgan fingerprint density at radius 2 is 1.75 bits per heavy atom. The summed E-state index contributed by atoms with van der Waals surface area (Å²) in [7, 11) is 3.76. The Morgan fingerprint density at radius 1 is 1.00 bits per heavy atom. The minimum atomic E-state index is 0.0258. The number of hydrogen-bond acceptors (Lipinski definition) is 4. The third kappa shape index (κ3) is 5.66. The minimum absolute atomic E-state index is 0.0258. The van der Waals surface area contributed by atoms with Gasteiger partial charge in [-0.15, -0.1) is 0 Å². The van der Waals surface area contributed by atoms with E-state index in [1.807, 2.05) is 67.5 Å². The van der Waals surface area contributed by atoms with Crippen LogP contribution in [-0.4, -0.2) is 49.5 Å². The summed E-state index contributed by atoms with van der Waals surface area (Å²) in [4.78, 5) is 18.3. The maximum atomic E-state index is 11.8. The van der Waals surface area contributed by atoms with Crippen molar-refractivity contribution in [3.63, 3.8) is 0 Å². The molecule has 5 heteroatoms. The van der Waals surface area contributed by atoms with Crippen LogP contribution in [-0.2, 0) is 4.79 Å². The van der Waals surface area contributed by atoms with E-state index in [9.17, 15) is 4.79 Å². The quantitative estimate of drug-likeness (QED) is 0.593. The van der Waals surface area contributed by atoms with Gasteiger partial charge < -0.3 is 15.5 Å². The van der Waals surface area contributed by atoms with Gasteiger partial charge in [-0.1, -0.05) is 54.6 Å². The number of carbonyl (C=O) groups excluding carboxylic acids is 1. The molecule has 1 aromatic heterocycles. The summed E-state index contributed by atoms with van der Waals surface area (Å²) in [5.41, 5.74) is 3.98. The lowest BCUT2D eigenvalue weighted by molar-refractivity contribution is -0.121. The summed E-state index contributed by atoms with van der Waals surface area (Å²) in [5.74, 6) is 0.0258. The second-order valence-corrected chi connectivity index (χ2v) is 6.87. The minimum Gasteiger partial charge on any atom is -0.383 e. The van der Waals surface area contributed by atoms with E-state index in [1.54, 1.807) is 0 Å². The Hall–Kier alpha value is -3.18. The highest BCUT2D eigenvalue weighted by Gasteiger charge is 2.05. The molecule has 5 nitrogen and oxygen atoms in total. The third-order valence-electron chi connectivity index (χ3n) is 4.20. The Morgan fingerprint density at radius 3 is 2.54 bits per heavy atom. The first-order chi connectivity index (χ1) is 13.6. The van der Waals surface area contributed by atoms with E-state index in [4.69, 9.17) is 4.98 Å². The molecule has 0 fully saturated rings. The van der Waals surface area contributed by atoms with Crippen LogP contribution in [0.15, 0.2) is 60.7 Å². The maximum Gasteiger partial charge on any atom is 0.234 e. The highest BCUT2D eigenvalue weighted by atomic mass is 16.2. The number of para-hydroxylation sites is 1. The fraction of sp³-hybridized carbons (Fsp3) is 0.217. The van der Waals surface area contributed by atoms with Crippen molar-refractivity contribution in [1.82, 2.24) is 15.2 Å². The molecule has 3 aromatic rings. The topological polar surface area (TPSA) is 57.3 Å². The highest BCUT2D eigenvalue weighted by molar-refractivity contribution is 5.92. The van der Waals surface area contributed by atoms with E-state index in [2.05, 4.69) is 34.9 Å². The molecule has 0 spiro atoms. The van der Waals surface area contributed by atoms with Crippen molar-refractivity contribution >= 4 is 34.6 Å². The van der Waals surface area contributed by atoms with Crippen LogP contribution in [0, 0.1) is 0 Å². The van der Waals surface area contributed by atoms with Gasteiger partial charge >= 0.3 is 0 Å². The molecule has 3 rings (SSSR count). The Bertz CT molecular complexity index is 951. The number of benzene rings is 2. The highest BCUT2D eigenvalue weighted by Crippen LogP contribution is 2.24. The Kier molecular flexibility index (Phi) is 6.76. The average Bonchev–Trinajstić information content (AvgIpc) is 2.70. The molecular weight excluding hydrogens is 348 g/mol. The van der Waals surface area contributed by atoms with Crippen LogP contribution in [0.5, 0.6) is 0 Å². The van der Waals surface area contributed by atoms with Gasteiger partial charge in [0.1, 0.15) is 0 Å². The third-order valence-corrected chi connectivity index (χ3v) is 4.20. The second-order valence-electron chi connectivity index (χ2n) is 6.87. The molecule has 1 amide bonds. The van der Waals surface area contributed by atoms with E-state index in [0.29, 0.717) is 19.6 Å². The second kappa shape index (κ2) is 9.67. The van der Waals surface area contributed by atoms with Gasteiger partial charge in [0.2, 0.25) is 5.91 Å². The normalized spacial score (nSPS) is 11.2. The molecule has 0 aliphatic rings. The van der Waals surface area contributed by atoms with Gasteiger partial charge in [0.25, 0.3) is 0 Å². The maximum absolute atomic E-state index is 11.8. The molecule has 0 aliphatic carbocycles. The van der Waals surface area contributed by atoms with Gasteiger partial charge in [0, 0.05) is 24.2 Å². The molecule has 0 saturated heterocycles. The number of amides is 1. The summed E-state index contributed by atoms with van der Waals surface area (Å²) < 4.78 is 0. The van der Waals surface area contributed by atoms with Crippen molar-refractivity contribution in [3.05, 3.63) is 71.9 Å². The van der Waals surface area contributed by atoms with Gasteiger partial charge in [-0.2, -0.15) is 0 Å². The zero-order valence-corrected chi connectivity index (χ0v) is 16.4. The summed E-state index contributed by atoms with van der Waals surface area (Å²) in [6, 6.07) is 20.3. The van der Waals surface area contributed by atoms with Gasteiger partial charge in [-0.05, 0) is 37.9 Å². The Balaban J connectivity index is 1.71. The molecule has 0 atom stereocenters. The van der Waals surface area contributed by atoms with Crippen molar-refractivity contribution in [2.24, 2.45) is 0 Å². The number of likely N-dealkylation sites (N-methyl/N-ethyl adjacent to an activating group) is 1. The number of aromatic nitrogens is 1. The number of carbonyl (C=O) groups is 1. The number of anilines is 1. The summed E-state index contributed by atoms with van der Waals surface area (Å²) >= 11 is 0. The molecule has 144 valence electrons. The van der Waals surface area contributed by atoms with Gasteiger partial charge in [-0.25, -0.2) is 4.98 Å². The number of fused-ring (bicyclic) bond motifs is 1. The molecule has 2 aromatic carbocycles. The largest absolute Gasteiger partial charge is 0.383 e. The van der Waals surface area contributed by atoms with Crippen LogP contribution >= 0.6 is 0 Å². The van der Waals surface area contributed by atoms with E-state index in [0.717, 1.165) is 27.8 Å². The van der Waals surface area contributed by atoms with Gasteiger partial charge in [0.15, 0.2) is 0 Å². The fourth-order valence-corrected chi connectivity index (χ4v) is 2.92. The van der Waals surface area contributed by atoms with Crippen LogP contribution in [0.4, 0.5) is 5.69 Å². The van der Waals surface area contributed by atoms with Crippen LogP contribution in [0.3, 0.4) is 0 Å². The van der Waals surface area contributed by atoms with E-state index in [-0.39, 0.29) is 5.91 Å².